The molecule has 2 amide bonds. The third-order valence-electron chi connectivity index (χ3n) is 5.50. The van der Waals surface area contributed by atoms with Crippen molar-refractivity contribution in [3.8, 4) is 0 Å². The molecule has 174 valence electrons. The highest BCUT2D eigenvalue weighted by Crippen LogP contribution is 2.37. The number of rotatable bonds is 5. The topological polar surface area (TPSA) is 49.4 Å². The average molecular weight is 468 g/mol. The van der Waals surface area contributed by atoms with Gasteiger partial charge in [0.2, 0.25) is 0 Å². The van der Waals surface area contributed by atoms with E-state index in [0.717, 1.165) is 35.9 Å². The molecule has 0 fully saturated rings. The molecule has 8 heteroatoms. The first-order valence-electron chi connectivity index (χ1n) is 10.5. The fraction of sp³-hybridized carbons (Fsp3) is 0.154. The summed E-state index contributed by atoms with van der Waals surface area (Å²) >= 11 is 0. The molecule has 0 aromatic heterocycles. The van der Waals surface area contributed by atoms with Gasteiger partial charge in [0.15, 0.2) is 0 Å². The van der Waals surface area contributed by atoms with Crippen molar-refractivity contribution in [2.75, 3.05) is 10.2 Å². The van der Waals surface area contributed by atoms with Crippen LogP contribution >= 0.6 is 0 Å². The summed E-state index contributed by atoms with van der Waals surface area (Å²) in [4.78, 5) is 27.4. The Labute approximate surface area is 193 Å². The lowest BCUT2D eigenvalue weighted by molar-refractivity contribution is -0.137. The van der Waals surface area contributed by atoms with Gasteiger partial charge in [-0.3, -0.25) is 9.59 Å². The van der Waals surface area contributed by atoms with Gasteiger partial charge in [-0.25, -0.2) is 9.29 Å². The quantitative estimate of drug-likeness (QED) is 0.350. The molecule has 0 spiro atoms. The smallest absolute Gasteiger partial charge is 0.350 e. The molecular formula is C26H20F4N2O2. The third kappa shape index (κ3) is 4.44. The molecule has 0 aliphatic carbocycles. The van der Waals surface area contributed by atoms with Crippen LogP contribution in [-0.4, -0.2) is 11.8 Å². The number of anilines is 2. The second-order valence-electron chi connectivity index (χ2n) is 8.15. The highest BCUT2D eigenvalue weighted by molar-refractivity contribution is 6.46. The molecule has 34 heavy (non-hydrogen) atoms. The first-order valence-corrected chi connectivity index (χ1v) is 10.5. The van der Waals surface area contributed by atoms with Gasteiger partial charge in [0.25, 0.3) is 11.8 Å². The molecule has 1 aliphatic rings. The van der Waals surface area contributed by atoms with E-state index < -0.39 is 29.4 Å². The van der Waals surface area contributed by atoms with E-state index in [4.69, 9.17) is 0 Å². The van der Waals surface area contributed by atoms with Crippen molar-refractivity contribution in [1.82, 2.24) is 0 Å². The molecule has 0 atom stereocenters. The van der Waals surface area contributed by atoms with Crippen LogP contribution in [-0.2, 0) is 15.8 Å². The number of imide groups is 1. The van der Waals surface area contributed by atoms with Crippen LogP contribution in [0.5, 0.6) is 0 Å². The Morgan fingerprint density at radius 2 is 1.50 bits per heavy atom. The minimum atomic E-state index is -4.64. The number of halogens is 4. The van der Waals surface area contributed by atoms with Crippen LogP contribution in [0.4, 0.5) is 28.9 Å². The van der Waals surface area contributed by atoms with E-state index in [1.807, 2.05) is 26.0 Å². The first-order chi connectivity index (χ1) is 16.1. The van der Waals surface area contributed by atoms with Gasteiger partial charge in [-0.1, -0.05) is 44.2 Å². The Hall–Kier alpha value is -3.94. The summed E-state index contributed by atoms with van der Waals surface area (Å²) < 4.78 is 53.2. The van der Waals surface area contributed by atoms with Crippen molar-refractivity contribution in [2.24, 2.45) is 0 Å². The Kier molecular flexibility index (Phi) is 6.00. The molecule has 0 radical (unpaired) electrons. The average Bonchev–Trinajstić information content (AvgIpc) is 3.03. The minimum Gasteiger partial charge on any atom is -0.350 e. The summed E-state index contributed by atoms with van der Waals surface area (Å²) in [6.07, 6.45) is -4.64. The largest absolute Gasteiger partial charge is 0.416 e. The van der Waals surface area contributed by atoms with E-state index in [1.165, 1.54) is 18.2 Å². The molecule has 1 aliphatic heterocycles. The Morgan fingerprint density at radius 3 is 2.09 bits per heavy atom. The number of nitrogens with zero attached hydrogens (tertiary/aromatic N) is 1. The van der Waals surface area contributed by atoms with Crippen LogP contribution in [0.2, 0.25) is 0 Å². The molecule has 1 heterocycles. The van der Waals surface area contributed by atoms with Crippen LogP contribution in [0.1, 0.15) is 36.5 Å². The van der Waals surface area contributed by atoms with Crippen molar-refractivity contribution in [3.05, 3.63) is 101 Å². The zero-order valence-corrected chi connectivity index (χ0v) is 18.3. The maximum absolute atomic E-state index is 13.5. The second kappa shape index (κ2) is 8.78. The number of carbonyl (C=O) groups is 2. The highest BCUT2D eigenvalue weighted by atomic mass is 19.4. The maximum atomic E-state index is 13.5. The monoisotopic (exact) mass is 468 g/mol. The van der Waals surface area contributed by atoms with E-state index in [9.17, 15) is 27.2 Å². The third-order valence-corrected chi connectivity index (χ3v) is 5.50. The van der Waals surface area contributed by atoms with Gasteiger partial charge in [0.1, 0.15) is 11.5 Å². The van der Waals surface area contributed by atoms with E-state index >= 15 is 0 Å². The lowest BCUT2D eigenvalue weighted by Crippen LogP contribution is -2.32. The molecule has 4 nitrogen and oxygen atoms in total. The van der Waals surface area contributed by atoms with Crippen LogP contribution in [0, 0.1) is 5.82 Å². The van der Waals surface area contributed by atoms with Crippen LogP contribution < -0.4 is 10.2 Å². The summed E-state index contributed by atoms with van der Waals surface area (Å²) in [5.74, 6) is -1.86. The van der Waals surface area contributed by atoms with Gasteiger partial charge in [-0.05, 0) is 59.5 Å². The van der Waals surface area contributed by atoms with Gasteiger partial charge in [-0.2, -0.15) is 13.2 Å². The molecular weight excluding hydrogens is 448 g/mol. The number of benzene rings is 3. The van der Waals surface area contributed by atoms with E-state index in [-0.39, 0.29) is 28.4 Å². The van der Waals surface area contributed by atoms with Gasteiger partial charge < -0.3 is 5.32 Å². The van der Waals surface area contributed by atoms with Crippen molar-refractivity contribution >= 4 is 28.8 Å². The van der Waals surface area contributed by atoms with Crippen LogP contribution in [0.15, 0.2) is 78.5 Å². The van der Waals surface area contributed by atoms with Crippen molar-refractivity contribution in [1.29, 1.82) is 0 Å². The summed E-state index contributed by atoms with van der Waals surface area (Å²) in [5, 5.41) is 2.95. The lowest BCUT2D eigenvalue weighted by atomic mass is 10.0. The summed E-state index contributed by atoms with van der Waals surface area (Å²) in [6, 6.07) is 16.2. The number of nitrogens with one attached hydrogen (secondary N) is 1. The van der Waals surface area contributed by atoms with Gasteiger partial charge >= 0.3 is 6.18 Å². The molecule has 0 unspecified atom stereocenters. The van der Waals surface area contributed by atoms with Gasteiger partial charge in [-0.15, -0.1) is 0 Å². The molecule has 1 N–H and O–H groups in total. The normalized spacial score (nSPS) is 14.4. The number of hydrogen-bond donors (Lipinski definition) is 1. The first kappa shape index (κ1) is 23.2. The van der Waals surface area contributed by atoms with E-state index in [0.29, 0.717) is 10.6 Å². The second-order valence-corrected chi connectivity index (χ2v) is 8.15. The fourth-order valence-corrected chi connectivity index (χ4v) is 3.68. The minimum absolute atomic E-state index is 0.0599. The summed E-state index contributed by atoms with van der Waals surface area (Å²) in [5.41, 5.74) is 0.483. The molecule has 0 bridgehead atoms. The number of carbonyl (C=O) groups excluding carboxylic acids is 2. The molecule has 4 rings (SSSR count). The zero-order chi connectivity index (χ0) is 24.6. The Bertz CT molecular complexity index is 1280. The van der Waals surface area contributed by atoms with Crippen molar-refractivity contribution in [2.45, 2.75) is 25.9 Å². The van der Waals surface area contributed by atoms with E-state index in [1.54, 1.807) is 12.1 Å². The van der Waals surface area contributed by atoms with Gasteiger partial charge in [0.05, 0.1) is 16.8 Å². The number of amides is 2. The summed E-state index contributed by atoms with van der Waals surface area (Å²) in [6.45, 7) is 4.06. The van der Waals surface area contributed by atoms with Crippen molar-refractivity contribution in [3.63, 3.8) is 0 Å². The standard InChI is InChI=1S/C26H20F4N2O2/c1-15(2)16-8-12-20(13-9-16)31-23-22(17-6-10-19(27)11-7-17)24(33)32(25(23)34)21-5-3-4-18(14-21)26(28,29)30/h3-15,31H,1-2H3. The van der Waals surface area contributed by atoms with Crippen LogP contribution in [0.3, 0.4) is 0 Å². The van der Waals surface area contributed by atoms with Crippen LogP contribution in [0.25, 0.3) is 5.57 Å². The lowest BCUT2D eigenvalue weighted by Gasteiger charge is -2.17. The number of hydrogen-bond acceptors (Lipinski definition) is 3. The molecule has 0 saturated heterocycles. The predicted octanol–water partition coefficient (Wildman–Crippen LogP) is 6.36. The zero-order valence-electron chi connectivity index (χ0n) is 18.3. The maximum Gasteiger partial charge on any atom is 0.416 e. The molecule has 3 aromatic rings. The van der Waals surface area contributed by atoms with Gasteiger partial charge in [0, 0.05) is 5.69 Å². The Morgan fingerprint density at radius 1 is 0.853 bits per heavy atom. The SMILES string of the molecule is CC(C)c1ccc(NC2=C(c3ccc(F)cc3)C(=O)N(c3cccc(C(F)(F)F)c3)C2=O)cc1. The Balaban J connectivity index is 1.78. The molecule has 0 saturated carbocycles. The molecule has 3 aromatic carbocycles. The highest BCUT2D eigenvalue weighted by Gasteiger charge is 2.41. The summed E-state index contributed by atoms with van der Waals surface area (Å²) in [7, 11) is 0. The van der Waals surface area contributed by atoms with Crippen molar-refractivity contribution < 1.29 is 27.2 Å². The number of alkyl halides is 3. The fourth-order valence-electron chi connectivity index (χ4n) is 3.68. The predicted molar refractivity (Wildman–Crippen MR) is 121 cm³/mol. The van der Waals surface area contributed by atoms with E-state index in [2.05, 4.69) is 5.32 Å².